The predicted octanol–water partition coefficient (Wildman–Crippen LogP) is 4.49. The Morgan fingerprint density at radius 2 is 1.89 bits per heavy atom. The molecule has 0 aliphatic carbocycles. The summed E-state index contributed by atoms with van der Waals surface area (Å²) in [4.78, 5) is 39.2. The summed E-state index contributed by atoms with van der Waals surface area (Å²) < 4.78 is 5.08. The monoisotopic (exact) mass is 428 g/mol. The molecule has 1 aromatic heterocycles. The van der Waals surface area contributed by atoms with Gasteiger partial charge in [0, 0.05) is 19.1 Å². The van der Waals surface area contributed by atoms with Crippen LogP contribution >= 0.6 is 34.5 Å². The fourth-order valence-electron chi connectivity index (χ4n) is 2.30. The summed E-state index contributed by atoms with van der Waals surface area (Å²) >= 11 is 12.9. The highest BCUT2D eigenvalue weighted by Crippen LogP contribution is 2.35. The maximum Gasteiger partial charge on any atom is 0.341 e. The van der Waals surface area contributed by atoms with Crippen molar-refractivity contribution in [1.82, 2.24) is 4.90 Å². The van der Waals surface area contributed by atoms with Crippen LogP contribution in [0.25, 0.3) is 0 Å². The summed E-state index contributed by atoms with van der Waals surface area (Å²) in [6.45, 7) is 3.49. The highest BCUT2D eigenvalue weighted by molar-refractivity contribution is 7.18. The fraction of sp³-hybridized carbons (Fsp3) is 0.278. The first-order valence-corrected chi connectivity index (χ1v) is 9.53. The van der Waals surface area contributed by atoms with Gasteiger partial charge in [-0.1, -0.05) is 23.2 Å². The molecule has 0 atom stereocenters. The molecule has 6 nitrogen and oxygen atoms in total. The summed E-state index contributed by atoms with van der Waals surface area (Å²) in [5.41, 5.74) is 0.808. The van der Waals surface area contributed by atoms with Crippen LogP contribution in [-0.2, 0) is 4.74 Å². The minimum atomic E-state index is -0.610. The van der Waals surface area contributed by atoms with Gasteiger partial charge in [-0.2, -0.15) is 0 Å². The van der Waals surface area contributed by atoms with Crippen molar-refractivity contribution in [2.75, 3.05) is 26.0 Å². The Balaban J connectivity index is 2.47. The minimum Gasteiger partial charge on any atom is -0.462 e. The zero-order chi connectivity index (χ0) is 20.3. The van der Waals surface area contributed by atoms with Gasteiger partial charge in [-0.05, 0) is 37.6 Å². The number of ether oxygens (including phenoxy) is 1. The van der Waals surface area contributed by atoms with Crippen molar-refractivity contribution in [3.63, 3.8) is 0 Å². The van der Waals surface area contributed by atoms with Gasteiger partial charge in [0.05, 0.1) is 27.6 Å². The van der Waals surface area contributed by atoms with E-state index >= 15 is 0 Å². The number of hydrogen-bond acceptors (Lipinski definition) is 5. The molecule has 0 spiro atoms. The number of anilines is 1. The third-order valence-electron chi connectivity index (χ3n) is 3.63. The molecule has 0 unspecified atom stereocenters. The molecule has 27 heavy (non-hydrogen) atoms. The van der Waals surface area contributed by atoms with E-state index in [1.165, 1.54) is 23.1 Å². The molecule has 1 heterocycles. The smallest absolute Gasteiger partial charge is 0.341 e. The fourth-order valence-corrected chi connectivity index (χ4v) is 4.01. The third kappa shape index (κ3) is 4.61. The van der Waals surface area contributed by atoms with Crippen LogP contribution in [0.2, 0.25) is 10.0 Å². The zero-order valence-electron chi connectivity index (χ0n) is 15.2. The van der Waals surface area contributed by atoms with Gasteiger partial charge in [-0.3, -0.25) is 9.59 Å². The van der Waals surface area contributed by atoms with Gasteiger partial charge in [0.15, 0.2) is 0 Å². The number of esters is 1. The summed E-state index contributed by atoms with van der Waals surface area (Å²) in [5, 5.41) is 3.47. The highest BCUT2D eigenvalue weighted by atomic mass is 35.5. The van der Waals surface area contributed by atoms with E-state index in [1.807, 2.05) is 0 Å². The number of rotatable bonds is 5. The Hall–Kier alpha value is -2.09. The lowest BCUT2D eigenvalue weighted by Crippen LogP contribution is -2.21. The van der Waals surface area contributed by atoms with Crippen molar-refractivity contribution in [3.8, 4) is 0 Å². The van der Waals surface area contributed by atoms with Gasteiger partial charge in [0.2, 0.25) is 0 Å². The number of hydrogen-bond donors (Lipinski definition) is 1. The van der Waals surface area contributed by atoms with Crippen LogP contribution in [0.15, 0.2) is 18.2 Å². The molecule has 9 heteroatoms. The number of carbonyl (C=O) groups is 3. The maximum atomic E-state index is 12.6. The van der Waals surface area contributed by atoms with Crippen molar-refractivity contribution in [2.24, 2.45) is 0 Å². The first-order valence-electron chi connectivity index (χ1n) is 7.95. The van der Waals surface area contributed by atoms with E-state index < -0.39 is 11.9 Å². The second-order valence-corrected chi connectivity index (χ2v) is 7.62. The molecular formula is C18H18Cl2N2O4S. The molecule has 144 valence electrons. The maximum absolute atomic E-state index is 12.6. The Bertz CT molecular complexity index is 909. The number of thiophene rings is 1. The Morgan fingerprint density at radius 1 is 1.22 bits per heavy atom. The number of halogens is 2. The van der Waals surface area contributed by atoms with Gasteiger partial charge in [-0.15, -0.1) is 11.3 Å². The Morgan fingerprint density at radius 3 is 2.44 bits per heavy atom. The number of carbonyl (C=O) groups excluding carboxylic acids is 3. The molecule has 0 radical (unpaired) electrons. The largest absolute Gasteiger partial charge is 0.462 e. The van der Waals surface area contributed by atoms with Crippen LogP contribution < -0.4 is 5.32 Å². The molecule has 0 fully saturated rings. The van der Waals surface area contributed by atoms with Crippen LogP contribution in [0.3, 0.4) is 0 Å². The van der Waals surface area contributed by atoms with Crippen molar-refractivity contribution < 1.29 is 19.1 Å². The lowest BCUT2D eigenvalue weighted by atomic mass is 10.1. The number of benzene rings is 1. The molecule has 0 saturated heterocycles. The van der Waals surface area contributed by atoms with Gasteiger partial charge in [0.1, 0.15) is 5.00 Å². The Labute approximate surface area is 171 Å². The zero-order valence-corrected chi connectivity index (χ0v) is 17.5. The molecule has 0 bridgehead atoms. The molecule has 2 rings (SSSR count). The van der Waals surface area contributed by atoms with Crippen LogP contribution in [0, 0.1) is 6.92 Å². The summed E-state index contributed by atoms with van der Waals surface area (Å²) in [6.07, 6.45) is 0. The van der Waals surface area contributed by atoms with Crippen LogP contribution in [-0.4, -0.2) is 43.4 Å². The normalized spacial score (nSPS) is 10.4. The molecule has 1 aromatic carbocycles. The van der Waals surface area contributed by atoms with E-state index in [-0.39, 0.29) is 33.7 Å². The van der Waals surface area contributed by atoms with Gasteiger partial charge in [-0.25, -0.2) is 4.79 Å². The molecule has 0 saturated carbocycles. The molecular weight excluding hydrogens is 411 g/mol. The highest BCUT2D eigenvalue weighted by Gasteiger charge is 2.27. The molecule has 1 N–H and O–H groups in total. The molecule has 0 aliphatic heterocycles. The minimum absolute atomic E-state index is 0.158. The summed E-state index contributed by atoms with van der Waals surface area (Å²) in [6, 6.07) is 4.47. The predicted molar refractivity (Wildman–Crippen MR) is 107 cm³/mol. The first kappa shape index (κ1) is 21.2. The van der Waals surface area contributed by atoms with E-state index in [2.05, 4.69) is 5.32 Å². The molecule has 0 aliphatic rings. The Kier molecular flexibility index (Phi) is 6.86. The standard InChI is InChI=1S/C18H18Cl2N2O4S/c1-5-26-18(25)13-9(2)14(17(24)22(3)4)27-16(13)21-15(23)11-7-6-10(19)8-12(11)20/h6-8H,5H2,1-4H3,(H,21,23). The summed E-state index contributed by atoms with van der Waals surface area (Å²) in [7, 11) is 3.22. The van der Waals surface area contributed by atoms with Crippen molar-refractivity contribution in [2.45, 2.75) is 13.8 Å². The van der Waals surface area contributed by atoms with Gasteiger partial charge < -0.3 is 15.0 Å². The van der Waals surface area contributed by atoms with E-state index in [0.717, 1.165) is 11.3 Å². The average Bonchev–Trinajstić information content (AvgIpc) is 2.90. The molecule has 2 aromatic rings. The number of nitrogens with one attached hydrogen (secondary N) is 1. The van der Waals surface area contributed by atoms with Gasteiger partial charge >= 0.3 is 5.97 Å². The van der Waals surface area contributed by atoms with Crippen molar-refractivity contribution in [3.05, 3.63) is 49.8 Å². The van der Waals surface area contributed by atoms with E-state index in [1.54, 1.807) is 27.9 Å². The van der Waals surface area contributed by atoms with Crippen molar-refractivity contribution in [1.29, 1.82) is 0 Å². The average molecular weight is 429 g/mol. The third-order valence-corrected chi connectivity index (χ3v) is 5.37. The van der Waals surface area contributed by atoms with Gasteiger partial charge in [0.25, 0.3) is 11.8 Å². The van der Waals surface area contributed by atoms with Crippen LogP contribution in [0.5, 0.6) is 0 Å². The van der Waals surface area contributed by atoms with E-state index in [9.17, 15) is 14.4 Å². The quantitative estimate of drug-likeness (QED) is 0.711. The number of amides is 2. The van der Waals surface area contributed by atoms with E-state index in [4.69, 9.17) is 27.9 Å². The SMILES string of the molecule is CCOC(=O)c1c(NC(=O)c2ccc(Cl)cc2Cl)sc(C(=O)N(C)C)c1C. The number of nitrogens with zero attached hydrogens (tertiary/aromatic N) is 1. The second-order valence-electron chi connectivity index (χ2n) is 5.76. The lowest BCUT2D eigenvalue weighted by Gasteiger charge is -2.09. The lowest BCUT2D eigenvalue weighted by molar-refractivity contribution is 0.0527. The van der Waals surface area contributed by atoms with Crippen LogP contribution in [0.1, 0.15) is 42.9 Å². The van der Waals surface area contributed by atoms with E-state index in [0.29, 0.717) is 15.5 Å². The second kappa shape index (κ2) is 8.73. The topological polar surface area (TPSA) is 75.7 Å². The van der Waals surface area contributed by atoms with Crippen LogP contribution in [0.4, 0.5) is 5.00 Å². The summed E-state index contributed by atoms with van der Waals surface area (Å²) in [5.74, 6) is -1.40. The van der Waals surface area contributed by atoms with Crippen molar-refractivity contribution >= 4 is 57.3 Å². The molecule has 2 amide bonds. The first-order chi connectivity index (χ1) is 12.7.